The van der Waals surface area contributed by atoms with Crippen molar-refractivity contribution in [3.63, 3.8) is 0 Å². The Balaban J connectivity index is 0.000000360. The monoisotopic (exact) mass is 459 g/mol. The van der Waals surface area contributed by atoms with Gasteiger partial charge in [0.05, 0.1) is 30.8 Å². The molecule has 0 spiro atoms. The Labute approximate surface area is 180 Å². The van der Waals surface area contributed by atoms with Crippen LogP contribution in [0.3, 0.4) is 0 Å². The summed E-state index contributed by atoms with van der Waals surface area (Å²) in [5, 5.41) is 15.9. The van der Waals surface area contributed by atoms with E-state index in [1.807, 2.05) is 6.07 Å². The number of likely N-dealkylation sites (tertiary alicyclic amines) is 1. The molecule has 1 N–H and O–H groups in total. The van der Waals surface area contributed by atoms with Crippen molar-refractivity contribution < 1.29 is 41.7 Å². The largest absolute Gasteiger partial charge is 0.490 e. The Kier molecular flexibility index (Phi) is 6.59. The van der Waals surface area contributed by atoms with Crippen LogP contribution in [0.15, 0.2) is 18.3 Å². The van der Waals surface area contributed by atoms with Crippen LogP contribution in [-0.4, -0.2) is 71.6 Å². The van der Waals surface area contributed by atoms with E-state index in [0.29, 0.717) is 57.2 Å². The van der Waals surface area contributed by atoms with Gasteiger partial charge < -0.3 is 19.5 Å². The molecule has 0 radical (unpaired) electrons. The molecule has 0 unspecified atom stereocenters. The maximum absolute atomic E-state index is 14.5. The molecule has 0 aromatic carbocycles. The van der Waals surface area contributed by atoms with Crippen LogP contribution in [0.2, 0.25) is 0 Å². The number of aromatic nitrogens is 1. The fourth-order valence-corrected chi connectivity index (χ4v) is 3.92. The molecule has 174 valence electrons. The highest BCUT2D eigenvalue weighted by atomic mass is 19.4. The molecular formula is C20H21F4N3O5. The van der Waals surface area contributed by atoms with E-state index in [1.54, 1.807) is 17.0 Å². The molecule has 1 saturated carbocycles. The van der Waals surface area contributed by atoms with Gasteiger partial charge in [-0.05, 0) is 25.3 Å². The zero-order valence-corrected chi connectivity index (χ0v) is 16.9. The molecule has 3 aliphatic rings. The minimum Gasteiger partial charge on any atom is -0.477 e. The first-order chi connectivity index (χ1) is 15.0. The van der Waals surface area contributed by atoms with Crippen molar-refractivity contribution in [1.29, 1.82) is 5.26 Å². The minimum atomic E-state index is -5.08. The number of ether oxygens (including phenoxy) is 2. The fraction of sp³-hybridized carbons (Fsp3) is 0.600. The number of alkyl halides is 4. The van der Waals surface area contributed by atoms with Crippen LogP contribution in [0.1, 0.15) is 24.8 Å². The van der Waals surface area contributed by atoms with Crippen LogP contribution < -0.4 is 4.74 Å². The van der Waals surface area contributed by atoms with Gasteiger partial charge in [-0.1, -0.05) is 0 Å². The number of nitrogens with zero attached hydrogens (tertiary/aromatic N) is 3. The maximum Gasteiger partial charge on any atom is 0.490 e. The summed E-state index contributed by atoms with van der Waals surface area (Å²) in [7, 11) is 0. The van der Waals surface area contributed by atoms with Gasteiger partial charge in [0.1, 0.15) is 6.07 Å². The van der Waals surface area contributed by atoms with Crippen molar-refractivity contribution in [2.24, 2.45) is 11.3 Å². The molecule has 3 fully saturated rings. The SMILES string of the molecule is N#Cc1ccc(OC[C@]23COC[C@H]2CN(C(=O)C2(F)CCC2)C3)nc1.O=C(O)C(F)(F)F. The fourth-order valence-electron chi connectivity index (χ4n) is 3.92. The second-order valence-electron chi connectivity index (χ2n) is 8.17. The third kappa shape index (κ3) is 4.93. The standard InChI is InChI=1S/C18H20FN3O3.C2HF3O2/c19-18(4-1-5-18)16(23)22-8-14-9-24-11-17(14,10-22)12-25-15-3-2-13(6-20)7-21-15;3-2(4,5)1(6)7/h2-3,7,14H,1,4-5,8-12H2;(H,6,7)/t14-,17+;/m1./s1. The third-order valence-electron chi connectivity index (χ3n) is 5.95. The number of fused-ring (bicyclic) bond motifs is 1. The lowest BCUT2D eigenvalue weighted by molar-refractivity contribution is -0.192. The normalized spacial score (nSPS) is 25.6. The first-order valence-electron chi connectivity index (χ1n) is 9.84. The number of rotatable bonds is 4. The van der Waals surface area contributed by atoms with Gasteiger partial charge in [0.2, 0.25) is 5.88 Å². The number of nitriles is 1. The van der Waals surface area contributed by atoms with Gasteiger partial charge in [-0.3, -0.25) is 4.79 Å². The molecule has 0 bridgehead atoms. The Bertz CT molecular complexity index is 898. The summed E-state index contributed by atoms with van der Waals surface area (Å²) in [6, 6.07) is 5.32. The van der Waals surface area contributed by atoms with Crippen molar-refractivity contribution in [2.75, 3.05) is 32.9 Å². The third-order valence-corrected chi connectivity index (χ3v) is 5.95. The van der Waals surface area contributed by atoms with Crippen molar-refractivity contribution in [3.8, 4) is 11.9 Å². The summed E-state index contributed by atoms with van der Waals surface area (Å²) in [5.74, 6) is -2.54. The van der Waals surface area contributed by atoms with E-state index < -0.39 is 17.8 Å². The van der Waals surface area contributed by atoms with Crippen LogP contribution in [0.5, 0.6) is 5.88 Å². The highest BCUT2D eigenvalue weighted by molar-refractivity contribution is 5.86. The number of carbonyl (C=O) groups excluding carboxylic acids is 1. The quantitative estimate of drug-likeness (QED) is 0.688. The molecule has 4 rings (SSSR count). The van der Waals surface area contributed by atoms with Crippen LogP contribution in [0.25, 0.3) is 0 Å². The van der Waals surface area contributed by atoms with Gasteiger partial charge in [0.15, 0.2) is 5.67 Å². The van der Waals surface area contributed by atoms with E-state index in [9.17, 15) is 22.4 Å². The number of carbonyl (C=O) groups is 2. The molecule has 2 atom stereocenters. The Hall–Kier alpha value is -2.94. The molecule has 1 aliphatic carbocycles. The van der Waals surface area contributed by atoms with E-state index in [-0.39, 0.29) is 17.2 Å². The summed E-state index contributed by atoms with van der Waals surface area (Å²) in [6.07, 6.45) is -2.17. The van der Waals surface area contributed by atoms with Crippen molar-refractivity contribution in [1.82, 2.24) is 9.88 Å². The Morgan fingerprint density at radius 3 is 2.56 bits per heavy atom. The number of pyridine rings is 1. The topological polar surface area (TPSA) is 113 Å². The molecule has 2 aliphatic heterocycles. The summed E-state index contributed by atoms with van der Waals surface area (Å²) in [6.45, 7) is 2.40. The molecule has 8 nitrogen and oxygen atoms in total. The van der Waals surface area contributed by atoms with Gasteiger partial charge in [-0.25, -0.2) is 14.2 Å². The number of carboxylic acid groups (broad SMARTS) is 1. The van der Waals surface area contributed by atoms with Crippen LogP contribution in [0, 0.1) is 22.7 Å². The zero-order valence-electron chi connectivity index (χ0n) is 16.9. The Morgan fingerprint density at radius 2 is 2.06 bits per heavy atom. The predicted molar refractivity (Wildman–Crippen MR) is 99.1 cm³/mol. The molecule has 32 heavy (non-hydrogen) atoms. The summed E-state index contributed by atoms with van der Waals surface area (Å²) >= 11 is 0. The lowest BCUT2D eigenvalue weighted by atomic mass is 9.80. The van der Waals surface area contributed by atoms with Gasteiger partial charge in [-0.2, -0.15) is 18.4 Å². The smallest absolute Gasteiger partial charge is 0.477 e. The van der Waals surface area contributed by atoms with E-state index >= 15 is 0 Å². The van der Waals surface area contributed by atoms with Crippen LogP contribution in [-0.2, 0) is 14.3 Å². The van der Waals surface area contributed by atoms with Gasteiger partial charge in [0.25, 0.3) is 5.91 Å². The van der Waals surface area contributed by atoms with E-state index in [2.05, 4.69) is 4.98 Å². The van der Waals surface area contributed by atoms with Gasteiger partial charge in [0, 0.05) is 31.3 Å². The van der Waals surface area contributed by atoms with E-state index in [0.717, 1.165) is 6.42 Å². The Morgan fingerprint density at radius 1 is 1.38 bits per heavy atom. The zero-order chi connectivity index (χ0) is 23.6. The molecule has 1 aromatic rings. The van der Waals surface area contributed by atoms with Gasteiger partial charge >= 0.3 is 12.1 Å². The van der Waals surface area contributed by atoms with Crippen molar-refractivity contribution in [2.45, 2.75) is 31.1 Å². The second kappa shape index (κ2) is 8.90. The second-order valence-corrected chi connectivity index (χ2v) is 8.17. The van der Waals surface area contributed by atoms with Crippen molar-refractivity contribution in [3.05, 3.63) is 23.9 Å². The number of hydrogen-bond donors (Lipinski definition) is 1. The molecule has 3 heterocycles. The minimum absolute atomic E-state index is 0.151. The average molecular weight is 459 g/mol. The van der Waals surface area contributed by atoms with Crippen LogP contribution in [0.4, 0.5) is 17.6 Å². The van der Waals surface area contributed by atoms with Crippen molar-refractivity contribution >= 4 is 11.9 Å². The van der Waals surface area contributed by atoms with E-state index in [1.165, 1.54) is 6.20 Å². The molecule has 2 saturated heterocycles. The predicted octanol–water partition coefficient (Wildman–Crippen LogP) is 2.33. The summed E-state index contributed by atoms with van der Waals surface area (Å²) in [4.78, 5) is 27.2. The van der Waals surface area contributed by atoms with E-state index in [4.69, 9.17) is 24.6 Å². The number of amides is 1. The average Bonchev–Trinajstić information content (AvgIpc) is 3.27. The lowest BCUT2D eigenvalue weighted by Crippen LogP contribution is -2.50. The first kappa shape index (κ1) is 23.7. The highest BCUT2D eigenvalue weighted by Crippen LogP contribution is 2.45. The molecular weight excluding hydrogens is 438 g/mol. The lowest BCUT2D eigenvalue weighted by Gasteiger charge is -2.36. The highest BCUT2D eigenvalue weighted by Gasteiger charge is 2.56. The number of carboxylic acids is 1. The van der Waals surface area contributed by atoms with Gasteiger partial charge in [-0.15, -0.1) is 0 Å². The summed E-state index contributed by atoms with van der Waals surface area (Å²) in [5.41, 5.74) is -1.50. The number of hydrogen-bond acceptors (Lipinski definition) is 6. The number of aliphatic carboxylic acids is 1. The maximum atomic E-state index is 14.5. The summed E-state index contributed by atoms with van der Waals surface area (Å²) < 4.78 is 57.7. The molecule has 1 amide bonds. The number of halogens is 4. The molecule has 1 aromatic heterocycles. The van der Waals surface area contributed by atoms with Crippen LogP contribution >= 0.6 is 0 Å². The molecule has 12 heteroatoms. The first-order valence-corrected chi connectivity index (χ1v) is 9.84.